The number of para-hydroxylation sites is 1. The van der Waals surface area contributed by atoms with Crippen LogP contribution < -0.4 is 0 Å². The van der Waals surface area contributed by atoms with Crippen molar-refractivity contribution in [2.24, 2.45) is 0 Å². The van der Waals surface area contributed by atoms with Gasteiger partial charge in [-0.2, -0.15) is 0 Å². The summed E-state index contributed by atoms with van der Waals surface area (Å²) in [5, 5.41) is 0.841. The van der Waals surface area contributed by atoms with E-state index in [0.29, 0.717) is 22.5 Å². The van der Waals surface area contributed by atoms with E-state index >= 15 is 0 Å². The largest absolute Gasteiger partial charge is 0.285 e. The van der Waals surface area contributed by atoms with Gasteiger partial charge < -0.3 is 0 Å². The summed E-state index contributed by atoms with van der Waals surface area (Å²) in [7, 11) is 0. The summed E-state index contributed by atoms with van der Waals surface area (Å²) in [5.74, 6) is -1.02. The third-order valence-electron chi connectivity index (χ3n) is 3.67. The van der Waals surface area contributed by atoms with E-state index < -0.39 is 11.6 Å². The highest BCUT2D eigenvalue weighted by atomic mass is 16.2. The summed E-state index contributed by atoms with van der Waals surface area (Å²) < 4.78 is 0. The zero-order chi connectivity index (χ0) is 14.6. The molecule has 0 saturated heterocycles. The first-order valence-corrected chi connectivity index (χ1v) is 6.61. The number of fused-ring (bicyclic) bond motifs is 4. The second-order valence-corrected chi connectivity index (χ2v) is 5.14. The topological polar surface area (TPSA) is 59.9 Å². The monoisotopic (exact) mass is 274 g/mol. The molecule has 0 bridgehead atoms. The molecule has 0 atom stereocenters. The van der Waals surface area contributed by atoms with Crippen LogP contribution in [0.3, 0.4) is 0 Å². The summed E-state index contributed by atoms with van der Waals surface area (Å²) in [6.07, 6.45) is 1.68. The van der Waals surface area contributed by atoms with E-state index in [9.17, 15) is 9.59 Å². The lowest BCUT2D eigenvalue weighted by Crippen LogP contribution is -2.23. The average molecular weight is 274 g/mol. The summed E-state index contributed by atoms with van der Waals surface area (Å²) in [4.78, 5) is 33.4. The van der Waals surface area contributed by atoms with Crippen molar-refractivity contribution in [2.75, 3.05) is 0 Å². The third-order valence-corrected chi connectivity index (χ3v) is 3.67. The minimum atomic E-state index is -0.511. The van der Waals surface area contributed by atoms with Crippen molar-refractivity contribution in [1.29, 1.82) is 0 Å². The van der Waals surface area contributed by atoms with Gasteiger partial charge in [-0.15, -0.1) is 0 Å². The number of carbonyl (C=O) groups is 2. The van der Waals surface area contributed by atoms with E-state index in [0.717, 1.165) is 16.5 Å². The van der Waals surface area contributed by atoms with Crippen LogP contribution in [0.1, 0.15) is 26.3 Å². The molecule has 4 heteroatoms. The number of ketones is 2. The fourth-order valence-electron chi connectivity index (χ4n) is 2.65. The van der Waals surface area contributed by atoms with E-state index in [4.69, 9.17) is 0 Å². The number of aromatic nitrogens is 2. The van der Waals surface area contributed by atoms with Gasteiger partial charge in [-0.05, 0) is 30.7 Å². The lowest BCUT2D eigenvalue weighted by molar-refractivity contribution is 0.0815. The van der Waals surface area contributed by atoms with Crippen molar-refractivity contribution >= 4 is 22.5 Å². The van der Waals surface area contributed by atoms with Crippen LogP contribution in [-0.2, 0) is 0 Å². The predicted molar refractivity (Wildman–Crippen MR) is 78.4 cm³/mol. The molecule has 2 aromatic heterocycles. The summed E-state index contributed by atoms with van der Waals surface area (Å²) >= 11 is 0. The van der Waals surface area contributed by atoms with Crippen LogP contribution in [0.5, 0.6) is 0 Å². The number of aryl methyl sites for hydroxylation is 1. The maximum absolute atomic E-state index is 12.3. The van der Waals surface area contributed by atoms with Crippen molar-refractivity contribution in [2.45, 2.75) is 6.92 Å². The van der Waals surface area contributed by atoms with Crippen LogP contribution in [0.2, 0.25) is 0 Å². The maximum atomic E-state index is 12.3. The lowest BCUT2D eigenvalue weighted by atomic mass is 9.89. The molecule has 21 heavy (non-hydrogen) atoms. The van der Waals surface area contributed by atoms with Gasteiger partial charge in [0.25, 0.3) is 0 Å². The number of hydrogen-bond donors (Lipinski definition) is 0. The molecule has 1 aliphatic carbocycles. The molecule has 0 fully saturated rings. The van der Waals surface area contributed by atoms with Crippen molar-refractivity contribution < 1.29 is 9.59 Å². The van der Waals surface area contributed by atoms with E-state index in [2.05, 4.69) is 9.97 Å². The molecule has 0 amide bonds. The second-order valence-electron chi connectivity index (χ2n) is 5.14. The van der Waals surface area contributed by atoms with Crippen LogP contribution in [0.15, 0.2) is 42.6 Å². The standard InChI is InChI=1S/C17H10N2O2/c1-9-6-11-14(18-8-9)15-12(17(21)16(11)20)7-10-4-2-3-5-13(10)19-15/h2-8H,1H3. The van der Waals surface area contributed by atoms with Gasteiger partial charge in [-0.3, -0.25) is 14.6 Å². The number of benzene rings is 1. The van der Waals surface area contributed by atoms with Crippen LogP contribution >= 0.6 is 0 Å². The van der Waals surface area contributed by atoms with Crippen molar-refractivity contribution in [3.63, 3.8) is 0 Å². The number of Topliss-reactive ketones (excluding diaryl/α,β-unsaturated/α-hetero) is 2. The third kappa shape index (κ3) is 1.62. The quantitative estimate of drug-likeness (QED) is 0.591. The molecule has 2 heterocycles. The zero-order valence-electron chi connectivity index (χ0n) is 11.3. The van der Waals surface area contributed by atoms with E-state index in [1.165, 1.54) is 0 Å². The Kier molecular flexibility index (Phi) is 2.30. The van der Waals surface area contributed by atoms with Gasteiger partial charge in [0.2, 0.25) is 11.6 Å². The van der Waals surface area contributed by atoms with Gasteiger partial charge in [0, 0.05) is 11.6 Å². The summed E-state index contributed by atoms with van der Waals surface area (Å²) in [6, 6.07) is 10.9. The minimum Gasteiger partial charge on any atom is -0.285 e. The molecular formula is C17H10N2O2. The first kappa shape index (κ1) is 11.9. The zero-order valence-corrected chi connectivity index (χ0v) is 11.3. The highest BCUT2D eigenvalue weighted by molar-refractivity contribution is 6.52. The number of carbonyl (C=O) groups excluding carboxylic acids is 2. The normalized spacial score (nSPS) is 13.2. The van der Waals surface area contributed by atoms with Gasteiger partial charge in [-0.1, -0.05) is 18.2 Å². The first-order valence-electron chi connectivity index (χ1n) is 6.61. The molecule has 0 spiro atoms. The van der Waals surface area contributed by atoms with E-state index in [1.807, 2.05) is 31.2 Å². The molecule has 100 valence electrons. The Labute approximate surface area is 120 Å². The second kappa shape index (κ2) is 4.06. The van der Waals surface area contributed by atoms with Crippen LogP contribution in [-0.4, -0.2) is 21.5 Å². The lowest BCUT2D eigenvalue weighted by Gasteiger charge is -2.17. The Morgan fingerprint density at radius 3 is 2.43 bits per heavy atom. The van der Waals surface area contributed by atoms with Crippen LogP contribution in [0.25, 0.3) is 22.3 Å². The molecule has 0 saturated carbocycles. The summed E-state index contributed by atoms with van der Waals surface area (Å²) in [5.41, 5.74) is 3.29. The SMILES string of the molecule is Cc1cnc2c(c1)C(=O)C(=O)c1cc3ccccc3nc1-2. The highest BCUT2D eigenvalue weighted by Crippen LogP contribution is 2.32. The minimum absolute atomic E-state index is 0.336. The van der Waals surface area contributed by atoms with Crippen molar-refractivity contribution in [3.05, 3.63) is 59.3 Å². The Morgan fingerprint density at radius 2 is 1.62 bits per heavy atom. The number of pyridine rings is 2. The Hall–Kier alpha value is -2.88. The Balaban J connectivity index is 2.13. The highest BCUT2D eigenvalue weighted by Gasteiger charge is 2.32. The van der Waals surface area contributed by atoms with Crippen LogP contribution in [0.4, 0.5) is 0 Å². The molecule has 0 aliphatic heterocycles. The van der Waals surface area contributed by atoms with Gasteiger partial charge in [-0.25, -0.2) is 4.98 Å². The predicted octanol–water partition coefficient (Wildman–Crippen LogP) is 2.98. The average Bonchev–Trinajstić information content (AvgIpc) is 2.51. The fraction of sp³-hybridized carbons (Fsp3) is 0.0588. The summed E-state index contributed by atoms with van der Waals surface area (Å²) in [6.45, 7) is 1.84. The fourth-order valence-corrected chi connectivity index (χ4v) is 2.65. The number of nitrogens with zero attached hydrogens (tertiary/aromatic N) is 2. The molecule has 4 rings (SSSR count). The maximum Gasteiger partial charge on any atom is 0.235 e. The smallest absolute Gasteiger partial charge is 0.235 e. The van der Waals surface area contributed by atoms with Crippen molar-refractivity contribution in [1.82, 2.24) is 9.97 Å². The molecular weight excluding hydrogens is 264 g/mol. The molecule has 4 nitrogen and oxygen atoms in total. The Morgan fingerprint density at radius 1 is 0.905 bits per heavy atom. The van der Waals surface area contributed by atoms with Gasteiger partial charge in [0.1, 0.15) is 11.4 Å². The molecule has 0 radical (unpaired) electrons. The van der Waals surface area contributed by atoms with Crippen LogP contribution in [0, 0.1) is 6.92 Å². The van der Waals surface area contributed by atoms with E-state index in [1.54, 1.807) is 18.3 Å². The van der Waals surface area contributed by atoms with Crippen molar-refractivity contribution in [3.8, 4) is 11.4 Å². The Bertz CT molecular complexity index is 945. The molecule has 1 aliphatic rings. The molecule has 1 aromatic carbocycles. The first-order chi connectivity index (χ1) is 10.1. The molecule has 3 aromatic rings. The number of rotatable bonds is 0. The van der Waals surface area contributed by atoms with Gasteiger partial charge >= 0.3 is 0 Å². The van der Waals surface area contributed by atoms with Gasteiger partial charge in [0.05, 0.1) is 16.6 Å². The van der Waals surface area contributed by atoms with E-state index in [-0.39, 0.29) is 0 Å². The molecule has 0 unspecified atom stereocenters. The molecule has 0 N–H and O–H groups in total. The van der Waals surface area contributed by atoms with Gasteiger partial charge in [0.15, 0.2) is 0 Å². The number of hydrogen-bond acceptors (Lipinski definition) is 4.